The van der Waals surface area contributed by atoms with Crippen molar-refractivity contribution in [1.29, 1.82) is 0 Å². The zero-order valence-electron chi connectivity index (χ0n) is 12.1. The fourth-order valence-electron chi connectivity index (χ4n) is 2.31. The van der Waals surface area contributed by atoms with Gasteiger partial charge in [-0.25, -0.2) is 0 Å². The van der Waals surface area contributed by atoms with Gasteiger partial charge in [0.2, 0.25) is 0 Å². The Balaban J connectivity index is 2.36. The van der Waals surface area contributed by atoms with E-state index in [1.165, 1.54) is 50.5 Å². The zero-order chi connectivity index (χ0) is 13.1. The van der Waals surface area contributed by atoms with Crippen LogP contribution in [-0.4, -0.2) is 6.54 Å². The highest BCUT2D eigenvalue weighted by molar-refractivity contribution is 5.18. The molecule has 0 saturated heterocycles. The Labute approximate surface area is 113 Å². The first-order valence-corrected chi connectivity index (χ1v) is 7.66. The highest BCUT2D eigenvalue weighted by atomic mass is 14.9. The molecule has 1 heteroatoms. The molecule has 0 amide bonds. The van der Waals surface area contributed by atoms with Crippen molar-refractivity contribution in [3.8, 4) is 0 Å². The summed E-state index contributed by atoms with van der Waals surface area (Å²) in [4.78, 5) is 0. The zero-order valence-corrected chi connectivity index (χ0v) is 12.1. The highest BCUT2D eigenvalue weighted by Crippen LogP contribution is 2.19. The predicted molar refractivity (Wildman–Crippen MR) is 80.9 cm³/mol. The van der Waals surface area contributed by atoms with Gasteiger partial charge in [0.25, 0.3) is 0 Å². The van der Waals surface area contributed by atoms with E-state index >= 15 is 0 Å². The van der Waals surface area contributed by atoms with E-state index in [1.807, 2.05) is 0 Å². The van der Waals surface area contributed by atoms with Gasteiger partial charge in [0, 0.05) is 6.04 Å². The number of unbranched alkanes of at least 4 members (excludes halogenated alkanes) is 4. The van der Waals surface area contributed by atoms with E-state index in [1.54, 1.807) is 0 Å². The molecule has 1 atom stereocenters. The minimum Gasteiger partial charge on any atom is -0.310 e. The number of hydrogen-bond donors (Lipinski definition) is 1. The maximum absolute atomic E-state index is 3.73. The van der Waals surface area contributed by atoms with Gasteiger partial charge in [0.15, 0.2) is 0 Å². The fourth-order valence-corrected chi connectivity index (χ4v) is 2.31. The second kappa shape index (κ2) is 10.1. The maximum Gasteiger partial charge on any atom is 0.0320 e. The molecule has 1 aromatic rings. The smallest absolute Gasteiger partial charge is 0.0320 e. The Morgan fingerprint density at radius 1 is 0.889 bits per heavy atom. The van der Waals surface area contributed by atoms with Crippen LogP contribution in [0.3, 0.4) is 0 Å². The summed E-state index contributed by atoms with van der Waals surface area (Å²) in [7, 11) is 0. The van der Waals surface area contributed by atoms with Gasteiger partial charge in [0.1, 0.15) is 0 Å². The minimum absolute atomic E-state index is 0.549. The van der Waals surface area contributed by atoms with Crippen molar-refractivity contribution in [2.45, 2.75) is 64.8 Å². The van der Waals surface area contributed by atoms with Gasteiger partial charge >= 0.3 is 0 Å². The quantitative estimate of drug-likeness (QED) is 0.568. The summed E-state index contributed by atoms with van der Waals surface area (Å²) in [6, 6.07) is 11.4. The topological polar surface area (TPSA) is 12.0 Å². The highest BCUT2D eigenvalue weighted by Gasteiger charge is 2.09. The van der Waals surface area contributed by atoms with Crippen LogP contribution in [0.4, 0.5) is 0 Å². The molecule has 0 aromatic heterocycles. The number of rotatable bonds is 10. The van der Waals surface area contributed by atoms with Gasteiger partial charge in [-0.2, -0.15) is 0 Å². The van der Waals surface area contributed by atoms with Gasteiger partial charge in [-0.3, -0.25) is 0 Å². The Bertz CT molecular complexity index is 281. The molecule has 0 spiro atoms. The first-order valence-electron chi connectivity index (χ1n) is 7.66. The second-order valence-electron chi connectivity index (χ2n) is 5.12. The summed E-state index contributed by atoms with van der Waals surface area (Å²) in [5.41, 5.74) is 1.45. The van der Waals surface area contributed by atoms with E-state index in [2.05, 4.69) is 49.5 Å². The van der Waals surface area contributed by atoms with Crippen LogP contribution in [0.25, 0.3) is 0 Å². The lowest BCUT2D eigenvalue weighted by atomic mass is 10.0. The molecule has 0 saturated carbocycles. The maximum atomic E-state index is 3.73. The molecule has 1 rings (SSSR count). The average molecular weight is 247 g/mol. The van der Waals surface area contributed by atoms with Crippen LogP contribution >= 0.6 is 0 Å². The first-order chi connectivity index (χ1) is 8.88. The van der Waals surface area contributed by atoms with Crippen molar-refractivity contribution in [2.75, 3.05) is 6.54 Å². The monoisotopic (exact) mass is 247 g/mol. The minimum atomic E-state index is 0.549. The number of hydrogen-bond acceptors (Lipinski definition) is 1. The molecule has 0 bridgehead atoms. The summed E-state index contributed by atoms with van der Waals surface area (Å²) in [5, 5.41) is 3.73. The number of nitrogens with one attached hydrogen (secondary N) is 1. The molecular formula is C17H29N. The third-order valence-corrected chi connectivity index (χ3v) is 3.47. The summed E-state index contributed by atoms with van der Waals surface area (Å²) in [6.07, 6.45) is 9.20. The lowest BCUT2D eigenvalue weighted by molar-refractivity contribution is 0.468. The van der Waals surface area contributed by atoms with E-state index in [0.29, 0.717) is 6.04 Å². The molecule has 18 heavy (non-hydrogen) atoms. The van der Waals surface area contributed by atoms with Gasteiger partial charge in [-0.15, -0.1) is 0 Å². The molecule has 102 valence electrons. The van der Waals surface area contributed by atoms with E-state index in [-0.39, 0.29) is 0 Å². The molecule has 0 radical (unpaired) electrons. The van der Waals surface area contributed by atoms with Crippen LogP contribution in [-0.2, 0) is 0 Å². The van der Waals surface area contributed by atoms with Crippen LogP contribution in [0.5, 0.6) is 0 Å². The van der Waals surface area contributed by atoms with Crippen molar-refractivity contribution < 1.29 is 0 Å². The van der Waals surface area contributed by atoms with E-state index in [9.17, 15) is 0 Å². The molecule has 1 N–H and O–H groups in total. The Morgan fingerprint density at radius 3 is 2.28 bits per heavy atom. The van der Waals surface area contributed by atoms with Gasteiger partial charge in [-0.1, -0.05) is 76.3 Å². The van der Waals surface area contributed by atoms with Crippen LogP contribution < -0.4 is 5.32 Å². The Morgan fingerprint density at radius 2 is 1.61 bits per heavy atom. The summed E-state index contributed by atoms with van der Waals surface area (Å²) in [5.74, 6) is 0. The van der Waals surface area contributed by atoms with Crippen molar-refractivity contribution in [3.63, 3.8) is 0 Å². The van der Waals surface area contributed by atoms with E-state index < -0.39 is 0 Å². The molecular weight excluding hydrogens is 218 g/mol. The lowest BCUT2D eigenvalue weighted by Gasteiger charge is -2.19. The molecule has 0 aliphatic rings. The normalized spacial score (nSPS) is 12.6. The lowest BCUT2D eigenvalue weighted by Crippen LogP contribution is -2.22. The average Bonchev–Trinajstić information content (AvgIpc) is 2.43. The molecule has 0 aliphatic carbocycles. The fraction of sp³-hybridized carbons (Fsp3) is 0.647. The third-order valence-electron chi connectivity index (χ3n) is 3.47. The SMILES string of the molecule is CCCCCCNC(CCCC)c1ccccc1. The molecule has 1 unspecified atom stereocenters. The summed E-state index contributed by atoms with van der Waals surface area (Å²) >= 11 is 0. The van der Waals surface area contributed by atoms with Gasteiger partial charge in [0.05, 0.1) is 0 Å². The van der Waals surface area contributed by atoms with E-state index in [0.717, 1.165) is 6.54 Å². The predicted octanol–water partition coefficient (Wildman–Crippen LogP) is 5.09. The Kier molecular flexibility index (Phi) is 8.58. The largest absolute Gasteiger partial charge is 0.310 e. The molecule has 0 aliphatic heterocycles. The third kappa shape index (κ3) is 6.20. The van der Waals surface area contributed by atoms with Crippen molar-refractivity contribution in [3.05, 3.63) is 35.9 Å². The summed E-state index contributed by atoms with van der Waals surface area (Å²) < 4.78 is 0. The molecule has 0 fully saturated rings. The Hall–Kier alpha value is -0.820. The standard InChI is InChI=1S/C17H29N/c1-3-5-7-11-15-18-17(14-6-4-2)16-12-9-8-10-13-16/h8-10,12-13,17-18H,3-7,11,14-15H2,1-2H3. The molecule has 1 aromatic carbocycles. The van der Waals surface area contributed by atoms with E-state index in [4.69, 9.17) is 0 Å². The van der Waals surface area contributed by atoms with Gasteiger partial charge < -0.3 is 5.32 Å². The van der Waals surface area contributed by atoms with Crippen LogP contribution in [0.2, 0.25) is 0 Å². The van der Waals surface area contributed by atoms with Crippen LogP contribution in [0.15, 0.2) is 30.3 Å². The van der Waals surface area contributed by atoms with Crippen molar-refractivity contribution in [2.24, 2.45) is 0 Å². The van der Waals surface area contributed by atoms with Crippen molar-refractivity contribution >= 4 is 0 Å². The van der Waals surface area contributed by atoms with Crippen molar-refractivity contribution in [1.82, 2.24) is 5.32 Å². The van der Waals surface area contributed by atoms with Gasteiger partial charge in [-0.05, 0) is 24.9 Å². The van der Waals surface area contributed by atoms with Crippen LogP contribution in [0.1, 0.15) is 70.4 Å². The summed E-state index contributed by atoms with van der Waals surface area (Å²) in [6.45, 7) is 5.69. The molecule has 0 heterocycles. The first kappa shape index (κ1) is 15.2. The molecule has 1 nitrogen and oxygen atoms in total. The van der Waals surface area contributed by atoms with Crippen LogP contribution in [0, 0.1) is 0 Å². The number of benzene rings is 1. The second-order valence-corrected chi connectivity index (χ2v) is 5.12.